The van der Waals surface area contributed by atoms with E-state index < -0.39 is 6.10 Å². The molecule has 7 heteroatoms. The van der Waals surface area contributed by atoms with Crippen LogP contribution in [0.1, 0.15) is 32.1 Å². The highest BCUT2D eigenvalue weighted by Gasteiger charge is 2.44. The fraction of sp³-hybridized carbons (Fsp3) is 0.609. The van der Waals surface area contributed by atoms with Crippen LogP contribution in [0.3, 0.4) is 0 Å². The molecular weight excluding hydrogens is 384 g/mol. The van der Waals surface area contributed by atoms with E-state index in [1.165, 1.54) is 0 Å². The lowest BCUT2D eigenvalue weighted by Crippen LogP contribution is -2.55. The van der Waals surface area contributed by atoms with Crippen LogP contribution in [0.4, 0.5) is 5.69 Å². The molecule has 5 rings (SSSR count). The summed E-state index contributed by atoms with van der Waals surface area (Å²) >= 11 is 0. The van der Waals surface area contributed by atoms with Gasteiger partial charge in [0.1, 0.15) is 11.5 Å². The summed E-state index contributed by atoms with van der Waals surface area (Å²) in [6.45, 7) is 2.35. The van der Waals surface area contributed by atoms with E-state index in [0.717, 1.165) is 24.9 Å². The fourth-order valence-electron chi connectivity index (χ4n) is 5.46. The summed E-state index contributed by atoms with van der Waals surface area (Å²) in [6, 6.07) is 7.42. The van der Waals surface area contributed by atoms with Crippen molar-refractivity contribution in [3.8, 4) is 5.75 Å². The van der Waals surface area contributed by atoms with Crippen LogP contribution >= 0.6 is 0 Å². The molecular formula is C23H28N2O5. The summed E-state index contributed by atoms with van der Waals surface area (Å²) in [7, 11) is 0. The summed E-state index contributed by atoms with van der Waals surface area (Å²) < 4.78 is 11.4. The van der Waals surface area contributed by atoms with Crippen LogP contribution in [0.15, 0.2) is 24.3 Å². The van der Waals surface area contributed by atoms with Crippen molar-refractivity contribution in [2.45, 2.75) is 38.2 Å². The van der Waals surface area contributed by atoms with E-state index in [1.807, 2.05) is 24.3 Å². The van der Waals surface area contributed by atoms with Gasteiger partial charge in [-0.25, -0.2) is 0 Å². The average Bonchev–Trinajstić information content (AvgIpc) is 2.78. The summed E-state index contributed by atoms with van der Waals surface area (Å²) in [4.78, 5) is 42.6. The Morgan fingerprint density at radius 3 is 2.40 bits per heavy atom. The monoisotopic (exact) mass is 412 g/mol. The van der Waals surface area contributed by atoms with E-state index in [9.17, 15) is 14.4 Å². The molecule has 2 aliphatic carbocycles. The molecule has 2 aliphatic heterocycles. The molecule has 30 heavy (non-hydrogen) atoms. The third kappa shape index (κ3) is 3.49. The van der Waals surface area contributed by atoms with E-state index in [4.69, 9.17) is 9.47 Å². The molecule has 2 heterocycles. The van der Waals surface area contributed by atoms with E-state index in [2.05, 4.69) is 0 Å². The number of morpholine rings is 1. The minimum absolute atomic E-state index is 0.0218. The Balaban J connectivity index is 1.38. The minimum Gasteiger partial charge on any atom is -0.476 e. The van der Waals surface area contributed by atoms with Crippen molar-refractivity contribution in [2.24, 2.45) is 17.8 Å². The van der Waals surface area contributed by atoms with Gasteiger partial charge in [0.05, 0.1) is 25.4 Å². The zero-order valence-electron chi connectivity index (χ0n) is 17.1. The summed E-state index contributed by atoms with van der Waals surface area (Å²) in [5.74, 6) is 0.727. The van der Waals surface area contributed by atoms with Crippen LogP contribution in [0.5, 0.6) is 5.75 Å². The molecule has 3 fully saturated rings. The molecule has 160 valence electrons. The third-order valence-corrected chi connectivity index (χ3v) is 7.04. The number of nitrogens with zero attached hydrogens (tertiary/aromatic N) is 2. The molecule has 4 aliphatic rings. The maximum Gasteiger partial charge on any atom is 0.265 e. The van der Waals surface area contributed by atoms with Crippen molar-refractivity contribution in [1.29, 1.82) is 0 Å². The SMILES string of the molecule is O=C1C2CCCC1CC(C(=O)N1CC(C(=O)N3CCOCC3)Oc3ccccc31)C2. The molecule has 2 bridgehead atoms. The smallest absolute Gasteiger partial charge is 0.265 e. The third-order valence-electron chi connectivity index (χ3n) is 7.04. The second-order valence-electron chi connectivity index (χ2n) is 8.86. The highest BCUT2D eigenvalue weighted by atomic mass is 16.5. The number of para-hydroxylation sites is 2. The lowest BCUT2D eigenvalue weighted by molar-refractivity contribution is -0.143. The summed E-state index contributed by atoms with van der Waals surface area (Å²) in [6.07, 6.45) is 3.43. The predicted octanol–water partition coefficient (Wildman–Crippen LogP) is 2.03. The van der Waals surface area contributed by atoms with Crippen molar-refractivity contribution in [3.63, 3.8) is 0 Å². The van der Waals surface area contributed by atoms with Gasteiger partial charge in [0.25, 0.3) is 5.91 Å². The number of amides is 2. The van der Waals surface area contributed by atoms with Crippen LogP contribution in [0.2, 0.25) is 0 Å². The minimum atomic E-state index is -0.716. The number of benzene rings is 1. The highest BCUT2D eigenvalue weighted by molar-refractivity contribution is 6.00. The number of ether oxygens (including phenoxy) is 2. The van der Waals surface area contributed by atoms with Gasteiger partial charge < -0.3 is 19.3 Å². The quantitative estimate of drug-likeness (QED) is 0.743. The van der Waals surface area contributed by atoms with Gasteiger partial charge in [-0.2, -0.15) is 0 Å². The van der Waals surface area contributed by atoms with Gasteiger partial charge in [0.15, 0.2) is 6.10 Å². The molecule has 0 radical (unpaired) electrons. The van der Waals surface area contributed by atoms with Crippen LogP contribution in [-0.2, 0) is 19.1 Å². The summed E-state index contributed by atoms with van der Waals surface area (Å²) in [5, 5.41) is 0. The maximum atomic E-state index is 13.6. The second kappa shape index (κ2) is 8.02. The van der Waals surface area contributed by atoms with E-state index in [-0.39, 0.29) is 36.1 Å². The largest absolute Gasteiger partial charge is 0.476 e. The molecule has 2 saturated carbocycles. The van der Waals surface area contributed by atoms with Crippen molar-refractivity contribution in [3.05, 3.63) is 24.3 Å². The number of carbonyl (C=O) groups excluding carboxylic acids is 3. The van der Waals surface area contributed by atoms with Crippen LogP contribution in [0, 0.1) is 17.8 Å². The number of hydrogen-bond donors (Lipinski definition) is 0. The molecule has 0 N–H and O–H groups in total. The molecule has 3 atom stereocenters. The molecule has 0 spiro atoms. The Bertz CT molecular complexity index is 834. The molecule has 1 aromatic rings. The van der Waals surface area contributed by atoms with Crippen LogP contribution in [-0.4, -0.2) is 61.4 Å². The van der Waals surface area contributed by atoms with Gasteiger partial charge >= 0.3 is 0 Å². The molecule has 1 aromatic carbocycles. The van der Waals surface area contributed by atoms with Crippen molar-refractivity contribution in [2.75, 3.05) is 37.7 Å². The molecule has 1 saturated heterocycles. The Labute approximate surface area is 176 Å². The number of Topliss-reactive ketones (excluding diaryl/α,β-unsaturated/α-hetero) is 1. The first kappa shape index (κ1) is 19.5. The number of fused-ring (bicyclic) bond motifs is 3. The van der Waals surface area contributed by atoms with Gasteiger partial charge in [-0.05, 0) is 37.8 Å². The number of ketones is 1. The molecule has 2 amide bonds. The predicted molar refractivity (Wildman–Crippen MR) is 109 cm³/mol. The number of carbonyl (C=O) groups is 3. The van der Waals surface area contributed by atoms with Gasteiger partial charge in [0.2, 0.25) is 5.91 Å². The molecule has 7 nitrogen and oxygen atoms in total. The zero-order chi connectivity index (χ0) is 20.7. The maximum absolute atomic E-state index is 13.6. The number of anilines is 1. The summed E-state index contributed by atoms with van der Waals surface area (Å²) in [5.41, 5.74) is 0.718. The Hall–Kier alpha value is -2.41. The number of rotatable bonds is 2. The zero-order valence-corrected chi connectivity index (χ0v) is 17.1. The van der Waals surface area contributed by atoms with E-state index in [1.54, 1.807) is 9.80 Å². The lowest BCUT2D eigenvalue weighted by atomic mass is 9.67. The Morgan fingerprint density at radius 1 is 0.967 bits per heavy atom. The normalized spacial score (nSPS) is 31.0. The van der Waals surface area contributed by atoms with Crippen molar-refractivity contribution >= 4 is 23.3 Å². The Morgan fingerprint density at radius 2 is 1.67 bits per heavy atom. The molecule has 0 aromatic heterocycles. The van der Waals surface area contributed by atoms with Gasteiger partial charge in [0, 0.05) is 30.8 Å². The van der Waals surface area contributed by atoms with Gasteiger partial charge in [-0.15, -0.1) is 0 Å². The first-order chi connectivity index (χ1) is 14.6. The van der Waals surface area contributed by atoms with Crippen molar-refractivity contribution < 1.29 is 23.9 Å². The van der Waals surface area contributed by atoms with Crippen molar-refractivity contribution in [1.82, 2.24) is 4.90 Å². The average molecular weight is 412 g/mol. The van der Waals surface area contributed by atoms with Crippen LogP contribution in [0.25, 0.3) is 0 Å². The lowest BCUT2D eigenvalue weighted by Gasteiger charge is -2.41. The number of hydrogen-bond acceptors (Lipinski definition) is 5. The van der Waals surface area contributed by atoms with Gasteiger partial charge in [-0.1, -0.05) is 18.6 Å². The first-order valence-electron chi connectivity index (χ1n) is 11.1. The Kier molecular flexibility index (Phi) is 5.23. The van der Waals surface area contributed by atoms with E-state index >= 15 is 0 Å². The highest BCUT2D eigenvalue weighted by Crippen LogP contribution is 2.42. The second-order valence-corrected chi connectivity index (χ2v) is 8.86. The standard InChI is InChI=1S/C23H28N2O5/c26-21-15-4-3-5-16(21)13-17(12-15)22(27)25-14-20(23(28)24-8-10-29-11-9-24)30-19-7-2-1-6-18(19)25/h1-2,6-7,15-17,20H,3-5,8-14H2. The van der Waals surface area contributed by atoms with Gasteiger partial charge in [-0.3, -0.25) is 14.4 Å². The van der Waals surface area contributed by atoms with Crippen LogP contribution < -0.4 is 9.64 Å². The van der Waals surface area contributed by atoms with E-state index in [0.29, 0.717) is 50.7 Å². The molecule has 3 unspecified atom stereocenters. The topological polar surface area (TPSA) is 76.2 Å². The fourth-order valence-corrected chi connectivity index (χ4v) is 5.46. The first-order valence-corrected chi connectivity index (χ1v) is 11.1.